The molecule has 5 rings (SSSR count). The largest absolute Gasteiger partial charge is 0.420 e. The van der Waals surface area contributed by atoms with Crippen LogP contribution >= 0.6 is 11.6 Å². The molecule has 0 saturated carbocycles. The number of nitrogens with zero attached hydrogens (tertiary/aromatic N) is 3. The van der Waals surface area contributed by atoms with Gasteiger partial charge in [0.2, 0.25) is 5.89 Å². The molecule has 2 aromatic carbocycles. The fourth-order valence-electron chi connectivity index (χ4n) is 4.74. The summed E-state index contributed by atoms with van der Waals surface area (Å²) in [5.74, 6) is -0.527. The normalized spacial score (nSPS) is 21.4. The van der Waals surface area contributed by atoms with Gasteiger partial charge in [0.05, 0.1) is 21.9 Å². The number of halogens is 2. The number of nitrogens with one attached hydrogen (secondary N) is 1. The van der Waals surface area contributed by atoms with Crippen molar-refractivity contribution in [3.05, 3.63) is 58.7 Å². The van der Waals surface area contributed by atoms with Crippen LogP contribution in [0.2, 0.25) is 5.02 Å². The molecular weight excluding hydrogens is 493 g/mol. The molecule has 1 fully saturated rings. The van der Waals surface area contributed by atoms with Gasteiger partial charge in [-0.3, -0.25) is 0 Å². The molecule has 3 aromatic rings. The van der Waals surface area contributed by atoms with E-state index in [0.717, 1.165) is 37.6 Å². The number of piperidine rings is 1. The van der Waals surface area contributed by atoms with E-state index < -0.39 is 21.7 Å². The summed E-state index contributed by atoms with van der Waals surface area (Å²) in [5, 5.41) is 12.3. The van der Waals surface area contributed by atoms with Crippen LogP contribution in [0, 0.1) is 5.82 Å². The first-order valence-corrected chi connectivity index (χ1v) is 13.5. The predicted octanol–water partition coefficient (Wildman–Crippen LogP) is 3.29. The summed E-state index contributed by atoms with van der Waals surface area (Å²) >= 11 is 6.01. The van der Waals surface area contributed by atoms with Crippen LogP contribution in [-0.2, 0) is 21.8 Å². The van der Waals surface area contributed by atoms with Crippen molar-refractivity contribution in [3.63, 3.8) is 0 Å². The molecule has 2 aliphatic heterocycles. The molecular formula is C24H27ClFN5O3S. The van der Waals surface area contributed by atoms with Crippen LogP contribution in [0.1, 0.15) is 31.2 Å². The van der Waals surface area contributed by atoms with Gasteiger partial charge in [0.15, 0.2) is 9.84 Å². The molecule has 0 amide bonds. The van der Waals surface area contributed by atoms with Crippen LogP contribution in [0.15, 0.2) is 45.7 Å². The summed E-state index contributed by atoms with van der Waals surface area (Å²) < 4.78 is 47.4. The number of rotatable bonds is 4. The number of hydrogen-bond acceptors (Lipinski definition) is 8. The number of hydrogen-bond donors (Lipinski definition) is 2. The molecule has 1 saturated heterocycles. The van der Waals surface area contributed by atoms with Crippen molar-refractivity contribution in [1.82, 2.24) is 15.5 Å². The highest BCUT2D eigenvalue weighted by Crippen LogP contribution is 2.38. The standard InChI is InChI=1S/C24H27ClFN5O3S/c1-24(6-8-28-9-7-24)23-30-29-22(34-23)18-10-20-21(11-19(18)26)35(32,33)14-17(27)13-31(20)12-15-2-4-16(25)5-3-15/h2-5,10-11,17,28H,6-9,12-14,27H2,1H3/t17-/m1/s1. The highest BCUT2D eigenvalue weighted by Gasteiger charge is 2.36. The van der Waals surface area contributed by atoms with E-state index in [1.165, 1.54) is 6.07 Å². The summed E-state index contributed by atoms with van der Waals surface area (Å²) in [6, 6.07) is 9.15. The molecule has 1 aromatic heterocycles. The minimum Gasteiger partial charge on any atom is -0.420 e. The first-order chi connectivity index (χ1) is 16.6. The lowest BCUT2D eigenvalue weighted by Gasteiger charge is -2.30. The molecule has 0 bridgehead atoms. The molecule has 3 N–H and O–H groups in total. The van der Waals surface area contributed by atoms with E-state index in [9.17, 15) is 8.42 Å². The van der Waals surface area contributed by atoms with Crippen LogP contribution in [0.25, 0.3) is 11.5 Å². The lowest BCUT2D eigenvalue weighted by Crippen LogP contribution is -2.39. The van der Waals surface area contributed by atoms with Crippen molar-refractivity contribution in [2.24, 2.45) is 5.73 Å². The third kappa shape index (κ3) is 4.80. The second kappa shape index (κ2) is 9.16. The van der Waals surface area contributed by atoms with Crippen molar-refractivity contribution in [2.75, 3.05) is 30.3 Å². The van der Waals surface area contributed by atoms with Crippen molar-refractivity contribution in [3.8, 4) is 11.5 Å². The average molecular weight is 520 g/mol. The fraction of sp³-hybridized carbons (Fsp3) is 0.417. The fourth-order valence-corrected chi connectivity index (χ4v) is 6.50. The van der Waals surface area contributed by atoms with E-state index in [0.29, 0.717) is 23.1 Å². The Morgan fingerprint density at radius 1 is 1.23 bits per heavy atom. The van der Waals surface area contributed by atoms with Crippen LogP contribution in [0.3, 0.4) is 0 Å². The summed E-state index contributed by atoms with van der Waals surface area (Å²) in [6.45, 7) is 4.37. The molecule has 11 heteroatoms. The average Bonchev–Trinajstić information content (AvgIpc) is 3.28. The van der Waals surface area contributed by atoms with Crippen molar-refractivity contribution < 1.29 is 17.2 Å². The second-order valence-electron chi connectivity index (χ2n) is 9.57. The van der Waals surface area contributed by atoms with Gasteiger partial charge in [0.25, 0.3) is 5.89 Å². The number of nitrogens with two attached hydrogens (primary N) is 1. The quantitative estimate of drug-likeness (QED) is 0.539. The molecule has 0 radical (unpaired) electrons. The van der Waals surface area contributed by atoms with E-state index in [1.807, 2.05) is 17.0 Å². The van der Waals surface area contributed by atoms with Crippen LogP contribution in [0.4, 0.5) is 10.1 Å². The maximum atomic E-state index is 15.3. The first-order valence-electron chi connectivity index (χ1n) is 11.5. The Bertz CT molecular complexity index is 1340. The number of fused-ring (bicyclic) bond motifs is 1. The molecule has 2 aliphatic rings. The Kier molecular flexibility index (Phi) is 6.33. The molecule has 0 unspecified atom stereocenters. The van der Waals surface area contributed by atoms with Gasteiger partial charge in [0.1, 0.15) is 5.82 Å². The Balaban J connectivity index is 1.58. The second-order valence-corrected chi connectivity index (χ2v) is 12.0. The minimum atomic E-state index is -3.80. The third-order valence-electron chi connectivity index (χ3n) is 6.78. The minimum absolute atomic E-state index is 0.0254. The SMILES string of the molecule is CC1(c2nnc(-c3cc4c(cc3F)S(=O)(=O)C[C@H](N)CN4Cc3ccc(Cl)cc3)o2)CCNCC1. The van der Waals surface area contributed by atoms with Gasteiger partial charge in [-0.15, -0.1) is 10.2 Å². The first kappa shape index (κ1) is 24.2. The van der Waals surface area contributed by atoms with Gasteiger partial charge < -0.3 is 20.4 Å². The predicted molar refractivity (Wildman–Crippen MR) is 132 cm³/mol. The highest BCUT2D eigenvalue weighted by molar-refractivity contribution is 7.91. The number of benzene rings is 2. The molecule has 35 heavy (non-hydrogen) atoms. The molecule has 1 atom stereocenters. The van der Waals surface area contributed by atoms with Crippen LogP contribution in [0.5, 0.6) is 0 Å². The Morgan fingerprint density at radius 2 is 1.94 bits per heavy atom. The summed E-state index contributed by atoms with van der Waals surface area (Å²) in [5.41, 5.74) is 7.20. The molecule has 8 nitrogen and oxygen atoms in total. The van der Waals surface area contributed by atoms with Crippen LogP contribution < -0.4 is 16.0 Å². The zero-order chi connectivity index (χ0) is 24.8. The molecule has 0 aliphatic carbocycles. The Labute approximate surface area is 208 Å². The van der Waals surface area contributed by atoms with Gasteiger partial charge in [0, 0.05) is 29.6 Å². The smallest absolute Gasteiger partial charge is 0.250 e. The van der Waals surface area contributed by atoms with Crippen molar-refractivity contribution >= 4 is 27.1 Å². The van der Waals surface area contributed by atoms with Crippen molar-refractivity contribution in [1.29, 1.82) is 0 Å². The number of aromatic nitrogens is 2. The van der Waals surface area contributed by atoms with Gasteiger partial charge >= 0.3 is 0 Å². The molecule has 186 valence electrons. The van der Waals surface area contributed by atoms with Gasteiger partial charge in [-0.25, -0.2) is 12.8 Å². The van der Waals surface area contributed by atoms with E-state index >= 15 is 4.39 Å². The van der Waals surface area contributed by atoms with E-state index in [-0.39, 0.29) is 34.1 Å². The molecule has 0 spiro atoms. The summed E-state index contributed by atoms with van der Waals surface area (Å²) in [7, 11) is -3.80. The van der Waals surface area contributed by atoms with Gasteiger partial charge in [-0.05, 0) is 55.8 Å². The van der Waals surface area contributed by atoms with Gasteiger partial charge in [-0.1, -0.05) is 30.7 Å². The number of sulfone groups is 1. The lowest BCUT2D eigenvalue weighted by atomic mass is 9.81. The Hall–Kier alpha value is -2.53. The maximum Gasteiger partial charge on any atom is 0.250 e. The van der Waals surface area contributed by atoms with E-state index in [4.69, 9.17) is 21.8 Å². The summed E-state index contributed by atoms with van der Waals surface area (Å²) in [4.78, 5) is 1.76. The number of anilines is 1. The zero-order valence-corrected chi connectivity index (χ0v) is 20.9. The van der Waals surface area contributed by atoms with E-state index in [2.05, 4.69) is 22.4 Å². The monoisotopic (exact) mass is 519 g/mol. The van der Waals surface area contributed by atoms with Crippen molar-refractivity contribution in [2.45, 2.75) is 42.7 Å². The topological polar surface area (TPSA) is 114 Å². The lowest BCUT2D eigenvalue weighted by molar-refractivity contribution is 0.270. The highest BCUT2D eigenvalue weighted by atomic mass is 35.5. The van der Waals surface area contributed by atoms with Crippen LogP contribution in [-0.4, -0.2) is 50.0 Å². The third-order valence-corrected chi connectivity index (χ3v) is 8.89. The van der Waals surface area contributed by atoms with Gasteiger partial charge in [-0.2, -0.15) is 0 Å². The summed E-state index contributed by atoms with van der Waals surface area (Å²) in [6.07, 6.45) is 1.65. The van der Waals surface area contributed by atoms with E-state index in [1.54, 1.807) is 12.1 Å². The zero-order valence-electron chi connectivity index (χ0n) is 19.3. The molecule has 3 heterocycles. The Morgan fingerprint density at radius 3 is 2.66 bits per heavy atom. The maximum absolute atomic E-state index is 15.3.